The monoisotopic (exact) mass is 365 g/mol. The van der Waals surface area contributed by atoms with E-state index in [9.17, 15) is 8.42 Å². The summed E-state index contributed by atoms with van der Waals surface area (Å²) in [6.45, 7) is 0. The minimum atomic E-state index is -3.85. The Bertz CT molecular complexity index is 828. The average Bonchev–Trinajstić information content (AvgIpc) is 2.46. The standard InChI is InChI=1S/C14H12BrN3O2S/c1-18(13-7-6-11(15)8-12(13)17)21(19,20)14-5-3-2-4-10(14)9-16/h2-8H,17H2,1H3. The van der Waals surface area contributed by atoms with Crippen molar-refractivity contribution in [2.45, 2.75) is 4.90 Å². The number of nitriles is 1. The molecule has 108 valence electrons. The summed E-state index contributed by atoms with van der Waals surface area (Å²) in [5.74, 6) is 0. The molecule has 0 unspecified atom stereocenters. The molecule has 7 heteroatoms. The van der Waals surface area contributed by atoms with E-state index in [0.29, 0.717) is 11.4 Å². The number of rotatable bonds is 3. The number of sulfonamides is 1. The first-order chi connectivity index (χ1) is 9.87. The maximum absolute atomic E-state index is 12.7. The zero-order valence-electron chi connectivity index (χ0n) is 11.1. The van der Waals surface area contributed by atoms with E-state index in [1.54, 1.807) is 30.3 Å². The lowest BCUT2D eigenvalue weighted by Gasteiger charge is -2.21. The lowest BCUT2D eigenvalue weighted by atomic mass is 10.2. The van der Waals surface area contributed by atoms with Crippen LogP contribution in [-0.2, 0) is 10.0 Å². The largest absolute Gasteiger partial charge is 0.397 e. The van der Waals surface area contributed by atoms with Gasteiger partial charge < -0.3 is 5.73 Å². The van der Waals surface area contributed by atoms with Crippen molar-refractivity contribution in [2.24, 2.45) is 0 Å². The molecular weight excluding hydrogens is 354 g/mol. The fourth-order valence-electron chi connectivity index (χ4n) is 1.87. The maximum Gasteiger partial charge on any atom is 0.265 e. The predicted octanol–water partition coefficient (Wildman–Crippen LogP) is 2.73. The van der Waals surface area contributed by atoms with Crippen molar-refractivity contribution in [3.05, 3.63) is 52.5 Å². The van der Waals surface area contributed by atoms with Crippen LogP contribution in [0.25, 0.3) is 0 Å². The molecule has 2 aromatic rings. The molecule has 0 aliphatic carbocycles. The number of benzene rings is 2. The van der Waals surface area contributed by atoms with E-state index in [1.165, 1.54) is 19.2 Å². The van der Waals surface area contributed by atoms with Gasteiger partial charge in [-0.1, -0.05) is 28.1 Å². The molecule has 0 amide bonds. The van der Waals surface area contributed by atoms with Gasteiger partial charge in [0.25, 0.3) is 10.0 Å². The maximum atomic E-state index is 12.7. The lowest BCUT2D eigenvalue weighted by Crippen LogP contribution is -2.28. The van der Waals surface area contributed by atoms with Crippen LogP contribution in [0, 0.1) is 11.3 Å². The van der Waals surface area contributed by atoms with Crippen LogP contribution in [0.15, 0.2) is 51.8 Å². The van der Waals surface area contributed by atoms with Gasteiger partial charge in [0.05, 0.1) is 16.9 Å². The van der Waals surface area contributed by atoms with Crippen LogP contribution < -0.4 is 10.0 Å². The van der Waals surface area contributed by atoms with Crippen molar-refractivity contribution in [3.8, 4) is 6.07 Å². The van der Waals surface area contributed by atoms with Gasteiger partial charge in [-0.3, -0.25) is 4.31 Å². The van der Waals surface area contributed by atoms with Gasteiger partial charge in [0.2, 0.25) is 0 Å². The summed E-state index contributed by atoms with van der Waals surface area (Å²) in [4.78, 5) is -0.0441. The molecule has 0 aromatic heterocycles. The van der Waals surface area contributed by atoms with E-state index in [1.807, 2.05) is 6.07 Å². The molecule has 0 saturated carbocycles. The SMILES string of the molecule is CN(c1ccc(Br)cc1N)S(=O)(=O)c1ccccc1C#N. The average molecular weight is 366 g/mol. The van der Waals surface area contributed by atoms with Gasteiger partial charge >= 0.3 is 0 Å². The molecule has 2 N–H and O–H groups in total. The van der Waals surface area contributed by atoms with Gasteiger partial charge in [0, 0.05) is 11.5 Å². The number of hydrogen-bond donors (Lipinski definition) is 1. The summed E-state index contributed by atoms with van der Waals surface area (Å²) in [5, 5.41) is 9.06. The van der Waals surface area contributed by atoms with Crippen molar-refractivity contribution in [2.75, 3.05) is 17.1 Å². The third-order valence-corrected chi connectivity index (χ3v) is 5.30. The Morgan fingerprint density at radius 1 is 1.24 bits per heavy atom. The fraction of sp³-hybridized carbons (Fsp3) is 0.0714. The molecule has 0 heterocycles. The number of halogens is 1. The van der Waals surface area contributed by atoms with E-state index in [-0.39, 0.29) is 10.5 Å². The molecule has 5 nitrogen and oxygen atoms in total. The molecule has 0 spiro atoms. The van der Waals surface area contributed by atoms with Gasteiger partial charge in [0.15, 0.2) is 0 Å². The minimum Gasteiger partial charge on any atom is -0.397 e. The van der Waals surface area contributed by atoms with Crippen molar-refractivity contribution in [1.82, 2.24) is 0 Å². The Morgan fingerprint density at radius 3 is 2.52 bits per heavy atom. The van der Waals surface area contributed by atoms with E-state index in [4.69, 9.17) is 11.0 Å². The quantitative estimate of drug-likeness (QED) is 0.847. The highest BCUT2D eigenvalue weighted by atomic mass is 79.9. The van der Waals surface area contributed by atoms with Crippen LogP contribution >= 0.6 is 15.9 Å². The number of hydrogen-bond acceptors (Lipinski definition) is 4. The summed E-state index contributed by atoms with van der Waals surface area (Å²) < 4.78 is 27.1. The van der Waals surface area contributed by atoms with Gasteiger partial charge in [-0.25, -0.2) is 8.42 Å². The Kier molecular flexibility index (Phi) is 4.21. The Morgan fingerprint density at radius 2 is 1.90 bits per heavy atom. The van der Waals surface area contributed by atoms with Crippen molar-refractivity contribution >= 4 is 37.3 Å². The number of nitrogens with two attached hydrogens (primary N) is 1. The normalized spacial score (nSPS) is 10.9. The number of anilines is 2. The third-order valence-electron chi connectivity index (χ3n) is 2.97. The van der Waals surface area contributed by atoms with Crippen LogP contribution in [0.1, 0.15) is 5.56 Å². The highest BCUT2D eigenvalue weighted by molar-refractivity contribution is 9.10. The van der Waals surface area contributed by atoms with Crippen molar-refractivity contribution < 1.29 is 8.42 Å². The second-order valence-corrected chi connectivity index (χ2v) is 7.14. The first-order valence-corrected chi connectivity index (χ1v) is 8.14. The molecular formula is C14H12BrN3O2S. The molecule has 0 fully saturated rings. The van der Waals surface area contributed by atoms with Crippen LogP contribution in [0.2, 0.25) is 0 Å². The molecule has 2 aromatic carbocycles. The topological polar surface area (TPSA) is 87.2 Å². The van der Waals surface area contributed by atoms with Crippen molar-refractivity contribution in [3.63, 3.8) is 0 Å². The van der Waals surface area contributed by atoms with E-state index in [2.05, 4.69) is 15.9 Å². The van der Waals surface area contributed by atoms with Crippen LogP contribution in [0.5, 0.6) is 0 Å². The van der Waals surface area contributed by atoms with Crippen LogP contribution in [0.4, 0.5) is 11.4 Å². The fourth-order valence-corrected chi connectivity index (χ4v) is 3.61. The molecule has 0 atom stereocenters. The Balaban J connectivity index is 2.56. The highest BCUT2D eigenvalue weighted by Gasteiger charge is 2.25. The zero-order valence-corrected chi connectivity index (χ0v) is 13.5. The van der Waals surface area contributed by atoms with E-state index >= 15 is 0 Å². The zero-order chi connectivity index (χ0) is 15.6. The first kappa shape index (κ1) is 15.4. The van der Waals surface area contributed by atoms with Gasteiger partial charge in [-0.2, -0.15) is 5.26 Å². The summed E-state index contributed by atoms with van der Waals surface area (Å²) in [6, 6.07) is 12.9. The molecule has 0 saturated heterocycles. The van der Waals surface area contributed by atoms with Gasteiger partial charge in [-0.05, 0) is 30.3 Å². The molecule has 21 heavy (non-hydrogen) atoms. The summed E-state index contributed by atoms with van der Waals surface area (Å²) >= 11 is 3.27. The number of nitrogen functional groups attached to an aromatic ring is 1. The molecule has 0 radical (unpaired) electrons. The minimum absolute atomic E-state index is 0.0441. The second kappa shape index (κ2) is 5.76. The highest BCUT2D eigenvalue weighted by Crippen LogP contribution is 2.30. The molecule has 0 aliphatic rings. The van der Waals surface area contributed by atoms with Crippen LogP contribution in [0.3, 0.4) is 0 Å². The predicted molar refractivity (Wildman–Crippen MR) is 85.3 cm³/mol. The third kappa shape index (κ3) is 2.86. The summed E-state index contributed by atoms with van der Waals surface area (Å²) in [6.07, 6.45) is 0. The molecule has 0 bridgehead atoms. The van der Waals surface area contributed by atoms with Gasteiger partial charge in [-0.15, -0.1) is 0 Å². The van der Waals surface area contributed by atoms with E-state index < -0.39 is 10.0 Å². The second-order valence-electron chi connectivity index (χ2n) is 4.28. The summed E-state index contributed by atoms with van der Waals surface area (Å²) in [7, 11) is -2.45. The lowest BCUT2D eigenvalue weighted by molar-refractivity contribution is 0.594. The van der Waals surface area contributed by atoms with Gasteiger partial charge in [0.1, 0.15) is 11.0 Å². The van der Waals surface area contributed by atoms with E-state index in [0.717, 1.165) is 8.78 Å². The first-order valence-electron chi connectivity index (χ1n) is 5.91. The van der Waals surface area contributed by atoms with Crippen molar-refractivity contribution in [1.29, 1.82) is 5.26 Å². The summed E-state index contributed by atoms with van der Waals surface area (Å²) in [5.41, 5.74) is 6.64. The Labute approximate surface area is 131 Å². The smallest absolute Gasteiger partial charge is 0.265 e. The van der Waals surface area contributed by atoms with Crippen LogP contribution in [-0.4, -0.2) is 15.5 Å². The molecule has 0 aliphatic heterocycles. The molecule has 2 rings (SSSR count). The Hall–Kier alpha value is -2.04. The number of nitrogens with zero attached hydrogens (tertiary/aromatic N) is 2.